The van der Waals surface area contributed by atoms with Gasteiger partial charge in [0.15, 0.2) is 0 Å². The van der Waals surface area contributed by atoms with Crippen molar-refractivity contribution in [1.82, 2.24) is 5.32 Å². The Morgan fingerprint density at radius 2 is 1.04 bits per heavy atom. The maximum atomic E-state index is 10.9. The summed E-state index contributed by atoms with van der Waals surface area (Å²) in [6, 6.07) is -0.973. The van der Waals surface area contributed by atoms with E-state index in [1.54, 1.807) is 0 Å². The van der Waals surface area contributed by atoms with Crippen molar-refractivity contribution < 1.29 is 19.8 Å². The molecule has 0 heterocycles. The molecule has 5 nitrogen and oxygen atoms in total. The van der Waals surface area contributed by atoms with Crippen LogP contribution in [0.1, 0.15) is 116 Å². The molecule has 0 bridgehead atoms. The van der Waals surface area contributed by atoms with Crippen molar-refractivity contribution in [3.8, 4) is 0 Å². The van der Waals surface area contributed by atoms with Crippen molar-refractivity contribution in [3.63, 3.8) is 0 Å². The van der Waals surface area contributed by atoms with Gasteiger partial charge in [0.2, 0.25) is 0 Å². The summed E-state index contributed by atoms with van der Waals surface area (Å²) >= 11 is 0. The molecule has 1 atom stereocenters. The van der Waals surface area contributed by atoms with Gasteiger partial charge >= 0.3 is 11.9 Å². The maximum Gasteiger partial charge on any atom is 0.321 e. The normalized spacial score (nSPS) is 11.8. The Bertz CT molecular complexity index is 366. The third kappa shape index (κ3) is 22.8. The van der Waals surface area contributed by atoms with Gasteiger partial charge in [0.25, 0.3) is 0 Å². The zero-order chi connectivity index (χ0) is 20.2. The first kappa shape index (κ1) is 30.7. The van der Waals surface area contributed by atoms with Crippen LogP contribution in [0.15, 0.2) is 0 Å². The molecule has 0 aromatic rings. The van der Waals surface area contributed by atoms with Gasteiger partial charge in [-0.2, -0.15) is 0 Å². The smallest absolute Gasteiger partial charge is 0.321 e. The van der Waals surface area contributed by atoms with Crippen LogP contribution in [0.5, 0.6) is 0 Å². The van der Waals surface area contributed by atoms with Crippen LogP contribution in [0.2, 0.25) is 0 Å². The summed E-state index contributed by atoms with van der Waals surface area (Å²) in [5.74, 6) is -2.17. The Labute approximate surface area is 215 Å². The Morgan fingerprint density at radius 1 is 0.679 bits per heavy atom. The fourth-order valence-corrected chi connectivity index (χ4v) is 3.37. The molecule has 6 heteroatoms. The number of aliphatic carboxylic acids is 2. The summed E-state index contributed by atoms with van der Waals surface area (Å²) in [7, 11) is 0. The van der Waals surface area contributed by atoms with Crippen LogP contribution in [-0.2, 0) is 9.59 Å². The number of nitrogens with one attached hydrogen (secondary N) is 1. The van der Waals surface area contributed by atoms with E-state index >= 15 is 0 Å². The summed E-state index contributed by atoms with van der Waals surface area (Å²) in [6.45, 7) is 2.83. The summed E-state index contributed by atoms with van der Waals surface area (Å²) in [5.41, 5.74) is 0. The van der Waals surface area contributed by atoms with E-state index < -0.39 is 18.0 Å². The van der Waals surface area contributed by atoms with Crippen LogP contribution in [0.3, 0.4) is 0 Å². The minimum Gasteiger partial charge on any atom is -0.481 e. The zero-order valence-electron chi connectivity index (χ0n) is 18.5. The van der Waals surface area contributed by atoms with Crippen molar-refractivity contribution in [2.45, 2.75) is 122 Å². The van der Waals surface area contributed by atoms with Crippen LogP contribution in [0.25, 0.3) is 0 Å². The molecular weight excluding hydrogens is 381 g/mol. The van der Waals surface area contributed by atoms with Gasteiger partial charge < -0.3 is 15.5 Å². The van der Waals surface area contributed by atoms with Gasteiger partial charge in [-0.3, -0.25) is 9.59 Å². The first-order chi connectivity index (χ1) is 13.1. The minimum absolute atomic E-state index is 0. The van der Waals surface area contributed by atoms with Gasteiger partial charge in [0.1, 0.15) is 6.04 Å². The molecule has 0 saturated heterocycles. The van der Waals surface area contributed by atoms with E-state index in [0.717, 1.165) is 12.8 Å². The molecule has 1 radical (unpaired) electrons. The van der Waals surface area contributed by atoms with Gasteiger partial charge in [0, 0.05) is 51.4 Å². The number of unbranched alkanes of at least 4 members (excludes halogenated alkanes) is 15. The number of rotatable bonds is 21. The van der Waals surface area contributed by atoms with Crippen LogP contribution >= 0.6 is 0 Å². The molecule has 0 rings (SSSR count). The Hall–Kier alpha value is 0.536. The molecule has 161 valence electrons. The average molecular weight is 425 g/mol. The van der Waals surface area contributed by atoms with Crippen molar-refractivity contribution in [1.29, 1.82) is 0 Å². The van der Waals surface area contributed by atoms with Gasteiger partial charge in [-0.1, -0.05) is 103 Å². The molecule has 0 aliphatic carbocycles. The Morgan fingerprint density at radius 3 is 1.36 bits per heavy atom. The third-order valence-electron chi connectivity index (χ3n) is 5.10. The Balaban J connectivity index is 0. The topological polar surface area (TPSA) is 86.6 Å². The van der Waals surface area contributed by atoms with Crippen LogP contribution in [0, 0.1) is 0 Å². The van der Waals surface area contributed by atoms with E-state index in [1.165, 1.54) is 89.9 Å². The monoisotopic (exact) mass is 424 g/mol. The quantitative estimate of drug-likeness (QED) is 0.170. The molecule has 0 amide bonds. The van der Waals surface area contributed by atoms with Crippen molar-refractivity contribution >= 4 is 63.3 Å². The third-order valence-corrected chi connectivity index (χ3v) is 5.10. The summed E-state index contributed by atoms with van der Waals surface area (Å²) in [4.78, 5) is 21.5. The van der Waals surface area contributed by atoms with Gasteiger partial charge in [-0.15, -0.1) is 0 Å². The largest absolute Gasteiger partial charge is 0.481 e. The molecule has 0 aromatic carbocycles. The van der Waals surface area contributed by atoms with Crippen molar-refractivity contribution in [2.75, 3.05) is 6.54 Å². The van der Waals surface area contributed by atoms with Crippen LogP contribution in [-0.4, -0.2) is 86.1 Å². The van der Waals surface area contributed by atoms with Crippen LogP contribution < -0.4 is 5.32 Å². The second-order valence-corrected chi connectivity index (χ2v) is 7.75. The van der Waals surface area contributed by atoms with E-state index in [0.29, 0.717) is 6.54 Å². The summed E-state index contributed by atoms with van der Waals surface area (Å²) < 4.78 is 0. The second-order valence-electron chi connectivity index (χ2n) is 7.75. The van der Waals surface area contributed by atoms with Gasteiger partial charge in [-0.25, -0.2) is 0 Å². The molecule has 0 aliphatic rings. The van der Waals surface area contributed by atoms with Crippen LogP contribution in [0.4, 0.5) is 0 Å². The first-order valence-corrected chi connectivity index (χ1v) is 11.3. The predicted octanol–water partition coefficient (Wildman–Crippen LogP) is 5.38. The minimum atomic E-state index is -1.09. The fraction of sp³-hybridized carbons (Fsp3) is 0.909. The molecule has 0 aliphatic heterocycles. The molecule has 0 saturated carbocycles. The number of carbonyl (C=O) groups is 2. The van der Waals surface area contributed by atoms with Crippen molar-refractivity contribution in [2.24, 2.45) is 0 Å². The van der Waals surface area contributed by atoms with E-state index in [9.17, 15) is 9.59 Å². The standard InChI is InChI=1S/C22H43NO4.K/c1-2-3-4-5-6-7-8-9-10-11-12-13-14-15-16-17-18-23-20(22(26)27)19-21(24)25;/h20,23H,2-19H2,1H3,(H,24,25)(H,26,27);/t20-;/m0./s1. The average Bonchev–Trinajstić information content (AvgIpc) is 2.62. The van der Waals surface area contributed by atoms with E-state index in [1.807, 2.05) is 0 Å². The molecule has 0 unspecified atom stereocenters. The summed E-state index contributed by atoms with van der Waals surface area (Å²) in [5, 5.41) is 20.4. The number of carboxylic acid groups (broad SMARTS) is 2. The van der Waals surface area contributed by atoms with E-state index in [-0.39, 0.29) is 57.8 Å². The zero-order valence-corrected chi connectivity index (χ0v) is 21.6. The SMILES string of the molecule is CCCCCCCCCCCCCCCCCCN[C@@H](CC(=O)O)C(=O)O.[K]. The number of hydrogen-bond donors (Lipinski definition) is 3. The molecule has 0 fully saturated rings. The molecule has 0 spiro atoms. The van der Waals surface area contributed by atoms with Gasteiger partial charge in [0.05, 0.1) is 6.42 Å². The maximum absolute atomic E-state index is 10.9. The molecule has 28 heavy (non-hydrogen) atoms. The second kappa shape index (κ2) is 23.8. The number of hydrogen-bond acceptors (Lipinski definition) is 3. The van der Waals surface area contributed by atoms with E-state index in [2.05, 4.69) is 12.2 Å². The molecule has 0 aromatic heterocycles. The fourth-order valence-electron chi connectivity index (χ4n) is 3.37. The Kier molecular flexibility index (Phi) is 26.1. The molecule has 3 N–H and O–H groups in total. The predicted molar refractivity (Wildman–Crippen MR) is 117 cm³/mol. The van der Waals surface area contributed by atoms with Crippen molar-refractivity contribution in [3.05, 3.63) is 0 Å². The molecular formula is C22H43KNO4. The first-order valence-electron chi connectivity index (χ1n) is 11.3. The summed E-state index contributed by atoms with van der Waals surface area (Å²) in [6.07, 6.45) is 20.5. The van der Waals surface area contributed by atoms with E-state index in [4.69, 9.17) is 10.2 Å². The van der Waals surface area contributed by atoms with Gasteiger partial charge in [-0.05, 0) is 13.0 Å². The number of carboxylic acids is 2.